The van der Waals surface area contributed by atoms with Crippen molar-refractivity contribution in [3.8, 4) is 11.4 Å². The van der Waals surface area contributed by atoms with E-state index in [1.807, 2.05) is 41.9 Å². The molecule has 0 spiro atoms. The summed E-state index contributed by atoms with van der Waals surface area (Å²) in [7, 11) is 0. The molecule has 114 valence electrons. The Bertz CT molecular complexity index is 730. The van der Waals surface area contributed by atoms with Gasteiger partial charge >= 0.3 is 0 Å². The highest BCUT2D eigenvalue weighted by atomic mass is 16.4. The van der Waals surface area contributed by atoms with Crippen LogP contribution in [-0.4, -0.2) is 19.7 Å². The average molecular weight is 296 g/mol. The Labute approximate surface area is 130 Å². The molecular weight excluding hydrogens is 276 g/mol. The summed E-state index contributed by atoms with van der Waals surface area (Å²) in [6, 6.07) is 10.1. The Morgan fingerprint density at radius 3 is 2.68 bits per heavy atom. The van der Waals surface area contributed by atoms with E-state index in [9.17, 15) is 0 Å². The van der Waals surface area contributed by atoms with Crippen LogP contribution >= 0.6 is 0 Å². The molecule has 0 bridgehead atoms. The summed E-state index contributed by atoms with van der Waals surface area (Å²) in [4.78, 5) is 8.85. The molecule has 3 rings (SSSR count). The Morgan fingerprint density at radius 2 is 2.00 bits per heavy atom. The van der Waals surface area contributed by atoms with Gasteiger partial charge in [-0.3, -0.25) is 0 Å². The second-order valence-corrected chi connectivity index (χ2v) is 5.32. The predicted molar refractivity (Wildman–Crippen MR) is 84.4 cm³/mol. The minimum atomic E-state index is 0.615. The van der Waals surface area contributed by atoms with Gasteiger partial charge in [0, 0.05) is 19.0 Å². The molecule has 0 aliphatic rings. The number of aromatic nitrogens is 4. The zero-order chi connectivity index (χ0) is 15.4. The monoisotopic (exact) mass is 296 g/mol. The maximum Gasteiger partial charge on any atom is 0.191 e. The van der Waals surface area contributed by atoms with Crippen molar-refractivity contribution in [2.45, 2.75) is 39.7 Å². The molecule has 2 aromatic heterocycles. The lowest BCUT2D eigenvalue weighted by Gasteiger charge is -2.03. The molecule has 0 aliphatic heterocycles. The van der Waals surface area contributed by atoms with E-state index in [1.165, 1.54) is 0 Å². The highest BCUT2D eigenvalue weighted by Gasteiger charge is 2.13. The summed E-state index contributed by atoms with van der Waals surface area (Å²) in [6.07, 6.45) is 4.59. The van der Waals surface area contributed by atoms with E-state index >= 15 is 0 Å². The zero-order valence-corrected chi connectivity index (χ0v) is 13.0. The second kappa shape index (κ2) is 6.56. The Kier molecular flexibility index (Phi) is 4.32. The van der Waals surface area contributed by atoms with E-state index in [4.69, 9.17) is 9.40 Å². The van der Waals surface area contributed by atoms with Crippen LogP contribution in [0.3, 0.4) is 0 Å². The normalized spacial score (nSPS) is 11.0. The smallest absolute Gasteiger partial charge is 0.191 e. The topological polar surface area (TPSA) is 56.7 Å². The molecule has 0 unspecified atom stereocenters. The second-order valence-electron chi connectivity index (χ2n) is 5.32. The molecule has 0 N–H and O–H groups in total. The van der Waals surface area contributed by atoms with Crippen LogP contribution in [-0.2, 0) is 13.0 Å². The van der Waals surface area contributed by atoms with Crippen molar-refractivity contribution < 1.29 is 4.42 Å². The first-order valence-corrected chi connectivity index (χ1v) is 7.66. The SMILES string of the molecule is CCCCn1nc(-c2ccccc2)nc1Cc1cnc(C)o1. The number of aryl methyl sites for hydroxylation is 2. The molecule has 1 aromatic carbocycles. The van der Waals surface area contributed by atoms with Gasteiger partial charge in [-0.1, -0.05) is 43.7 Å². The molecular formula is C17H20N4O. The summed E-state index contributed by atoms with van der Waals surface area (Å²) in [5.41, 5.74) is 1.03. The zero-order valence-electron chi connectivity index (χ0n) is 13.0. The fourth-order valence-electron chi connectivity index (χ4n) is 2.34. The largest absolute Gasteiger partial charge is 0.446 e. The maximum absolute atomic E-state index is 5.57. The van der Waals surface area contributed by atoms with Crippen LogP contribution in [0.25, 0.3) is 11.4 Å². The summed E-state index contributed by atoms with van der Waals surface area (Å²) in [5.74, 6) is 3.19. The van der Waals surface area contributed by atoms with Gasteiger partial charge in [-0.15, -0.1) is 0 Å². The molecule has 0 saturated carbocycles. The van der Waals surface area contributed by atoms with E-state index in [0.717, 1.165) is 42.4 Å². The molecule has 0 radical (unpaired) electrons. The number of hydrogen-bond donors (Lipinski definition) is 0. The van der Waals surface area contributed by atoms with Crippen molar-refractivity contribution >= 4 is 0 Å². The van der Waals surface area contributed by atoms with E-state index in [-0.39, 0.29) is 0 Å². The summed E-state index contributed by atoms with van der Waals surface area (Å²) < 4.78 is 7.56. The van der Waals surface area contributed by atoms with Gasteiger partial charge in [0.15, 0.2) is 11.7 Å². The lowest BCUT2D eigenvalue weighted by Crippen LogP contribution is -2.06. The highest BCUT2D eigenvalue weighted by molar-refractivity contribution is 5.54. The molecule has 5 nitrogen and oxygen atoms in total. The third kappa shape index (κ3) is 3.24. The van der Waals surface area contributed by atoms with Gasteiger partial charge in [0.1, 0.15) is 11.6 Å². The van der Waals surface area contributed by atoms with Crippen LogP contribution < -0.4 is 0 Å². The van der Waals surface area contributed by atoms with Crippen molar-refractivity contribution in [1.29, 1.82) is 0 Å². The van der Waals surface area contributed by atoms with Gasteiger partial charge in [0.2, 0.25) is 0 Å². The standard InChI is InChI=1S/C17H20N4O/c1-3-4-10-21-16(11-15-12-18-13(2)22-15)19-17(20-21)14-8-6-5-7-9-14/h5-9,12H,3-4,10-11H2,1-2H3. The van der Waals surface area contributed by atoms with E-state index in [1.54, 1.807) is 6.20 Å². The molecule has 0 atom stereocenters. The van der Waals surface area contributed by atoms with Crippen LogP contribution in [0.4, 0.5) is 0 Å². The number of rotatable bonds is 6. The fraction of sp³-hybridized carbons (Fsp3) is 0.353. The van der Waals surface area contributed by atoms with E-state index in [2.05, 4.69) is 17.0 Å². The molecule has 0 amide bonds. The maximum atomic E-state index is 5.57. The third-order valence-corrected chi connectivity index (χ3v) is 3.51. The van der Waals surface area contributed by atoms with Crippen LogP contribution in [0.15, 0.2) is 40.9 Å². The summed E-state index contributed by atoms with van der Waals surface area (Å²) in [6.45, 7) is 4.90. The minimum Gasteiger partial charge on any atom is -0.446 e. The van der Waals surface area contributed by atoms with Crippen molar-refractivity contribution in [3.63, 3.8) is 0 Å². The molecule has 5 heteroatoms. The molecule has 0 fully saturated rings. The van der Waals surface area contributed by atoms with Gasteiger partial charge < -0.3 is 4.42 Å². The van der Waals surface area contributed by atoms with Crippen molar-refractivity contribution in [2.75, 3.05) is 0 Å². The first kappa shape index (κ1) is 14.5. The van der Waals surface area contributed by atoms with Crippen LogP contribution in [0.1, 0.15) is 37.2 Å². The number of nitrogens with zero attached hydrogens (tertiary/aromatic N) is 4. The van der Waals surface area contributed by atoms with Gasteiger partial charge in [-0.25, -0.2) is 14.6 Å². The molecule has 0 saturated heterocycles. The van der Waals surface area contributed by atoms with Gasteiger partial charge in [-0.2, -0.15) is 5.10 Å². The van der Waals surface area contributed by atoms with Crippen LogP contribution in [0.2, 0.25) is 0 Å². The van der Waals surface area contributed by atoms with Crippen molar-refractivity contribution in [1.82, 2.24) is 19.7 Å². The number of oxazole rings is 1. The predicted octanol–water partition coefficient (Wildman–Crippen LogP) is 3.63. The van der Waals surface area contributed by atoms with Crippen molar-refractivity contribution in [2.24, 2.45) is 0 Å². The Balaban J connectivity index is 1.90. The summed E-state index contributed by atoms with van der Waals surface area (Å²) >= 11 is 0. The Hall–Kier alpha value is -2.43. The number of unbranched alkanes of at least 4 members (excludes halogenated alkanes) is 1. The van der Waals surface area contributed by atoms with Crippen molar-refractivity contribution in [3.05, 3.63) is 54.0 Å². The van der Waals surface area contributed by atoms with Gasteiger partial charge in [-0.05, 0) is 6.42 Å². The molecule has 22 heavy (non-hydrogen) atoms. The number of benzene rings is 1. The van der Waals surface area contributed by atoms with E-state index < -0.39 is 0 Å². The Morgan fingerprint density at radius 1 is 1.18 bits per heavy atom. The lowest BCUT2D eigenvalue weighted by molar-refractivity contribution is 0.471. The third-order valence-electron chi connectivity index (χ3n) is 3.51. The summed E-state index contributed by atoms with van der Waals surface area (Å²) in [5, 5.41) is 4.66. The minimum absolute atomic E-state index is 0.615. The van der Waals surface area contributed by atoms with Crippen LogP contribution in [0.5, 0.6) is 0 Å². The van der Waals surface area contributed by atoms with Gasteiger partial charge in [0.25, 0.3) is 0 Å². The number of hydrogen-bond acceptors (Lipinski definition) is 4. The van der Waals surface area contributed by atoms with E-state index in [0.29, 0.717) is 12.3 Å². The van der Waals surface area contributed by atoms with Crippen LogP contribution in [0, 0.1) is 6.92 Å². The first-order chi connectivity index (χ1) is 10.8. The molecule has 3 aromatic rings. The molecule has 2 heterocycles. The van der Waals surface area contributed by atoms with Gasteiger partial charge in [0.05, 0.1) is 12.6 Å². The molecule has 0 aliphatic carbocycles. The fourth-order valence-corrected chi connectivity index (χ4v) is 2.34. The lowest BCUT2D eigenvalue weighted by atomic mass is 10.2. The average Bonchev–Trinajstić information content (AvgIpc) is 3.13. The highest BCUT2D eigenvalue weighted by Crippen LogP contribution is 2.17. The first-order valence-electron chi connectivity index (χ1n) is 7.66. The quantitative estimate of drug-likeness (QED) is 0.697.